The first kappa shape index (κ1) is 14.2. The maximum atomic E-state index is 11.7. The van der Waals surface area contributed by atoms with E-state index in [1.807, 2.05) is 36.4 Å². The minimum Gasteiger partial charge on any atom is -0.348 e. The Hall–Kier alpha value is -0.910. The highest BCUT2D eigenvalue weighted by Crippen LogP contribution is 2.17. The molecule has 3 N–H and O–H groups in total. The van der Waals surface area contributed by atoms with Crippen LogP contribution in [0.3, 0.4) is 0 Å². The fourth-order valence-electron chi connectivity index (χ4n) is 1.58. The van der Waals surface area contributed by atoms with Crippen molar-refractivity contribution in [3.63, 3.8) is 0 Å². The summed E-state index contributed by atoms with van der Waals surface area (Å²) >= 11 is 1.66. The summed E-state index contributed by atoms with van der Waals surface area (Å²) in [6, 6.07) is 4.12. The van der Waals surface area contributed by atoms with Gasteiger partial charge < -0.3 is 11.1 Å². The van der Waals surface area contributed by atoms with E-state index in [4.69, 9.17) is 5.73 Å². The minimum atomic E-state index is 0.0606. The van der Waals surface area contributed by atoms with Crippen molar-refractivity contribution in [2.24, 2.45) is 5.73 Å². The van der Waals surface area contributed by atoms with Crippen LogP contribution in [0.25, 0.3) is 0 Å². The lowest BCUT2D eigenvalue weighted by Crippen LogP contribution is -2.37. The summed E-state index contributed by atoms with van der Waals surface area (Å²) in [6.45, 7) is 3.95. The molecule has 1 aromatic heterocycles. The zero-order valence-corrected chi connectivity index (χ0v) is 11.3. The minimum absolute atomic E-state index is 0.0606. The van der Waals surface area contributed by atoms with Crippen LogP contribution in [0.2, 0.25) is 0 Å². The van der Waals surface area contributed by atoms with Gasteiger partial charge in [-0.25, -0.2) is 0 Å². The summed E-state index contributed by atoms with van der Waals surface area (Å²) < 4.78 is 0. The number of thiophene rings is 1. The van der Waals surface area contributed by atoms with E-state index in [1.165, 1.54) is 4.88 Å². The number of carbonyl (C=O) groups is 1. The first-order chi connectivity index (χ1) is 8.13. The maximum Gasteiger partial charge on any atom is 0.234 e. The Kier molecular flexibility index (Phi) is 6.18. The van der Waals surface area contributed by atoms with E-state index in [0.29, 0.717) is 13.1 Å². The molecule has 17 heavy (non-hydrogen) atoms. The first-order valence-corrected chi connectivity index (χ1v) is 6.73. The number of amides is 1. The van der Waals surface area contributed by atoms with Gasteiger partial charge in [-0.15, -0.1) is 11.3 Å². The van der Waals surface area contributed by atoms with E-state index in [1.54, 1.807) is 11.3 Å². The Morgan fingerprint density at radius 2 is 2.41 bits per heavy atom. The monoisotopic (exact) mass is 255 g/mol. The van der Waals surface area contributed by atoms with Gasteiger partial charge in [-0.05, 0) is 44.9 Å². The lowest BCUT2D eigenvalue weighted by atomic mass is 10.2. The summed E-state index contributed by atoms with van der Waals surface area (Å²) in [4.78, 5) is 14.9. The standard InChI is InChI=1S/C12H21N3OS/c1-10(11-5-3-8-17-11)14-12(16)9-15(2)7-4-6-13/h3,5,8,10H,4,6-7,9,13H2,1-2H3,(H,14,16). The third kappa shape index (κ3) is 5.30. The van der Waals surface area contributed by atoms with Crippen molar-refractivity contribution < 1.29 is 4.79 Å². The molecule has 0 aliphatic rings. The molecule has 1 unspecified atom stereocenters. The fourth-order valence-corrected chi connectivity index (χ4v) is 2.32. The van der Waals surface area contributed by atoms with E-state index in [9.17, 15) is 4.79 Å². The zero-order chi connectivity index (χ0) is 12.7. The molecule has 5 heteroatoms. The summed E-state index contributed by atoms with van der Waals surface area (Å²) in [6.07, 6.45) is 0.921. The highest BCUT2D eigenvalue weighted by molar-refractivity contribution is 7.10. The molecule has 96 valence electrons. The van der Waals surface area contributed by atoms with Gasteiger partial charge in [-0.2, -0.15) is 0 Å². The smallest absolute Gasteiger partial charge is 0.234 e. The average Bonchev–Trinajstić information content (AvgIpc) is 2.79. The van der Waals surface area contributed by atoms with Crippen LogP contribution >= 0.6 is 11.3 Å². The van der Waals surface area contributed by atoms with Gasteiger partial charge in [0.2, 0.25) is 5.91 Å². The second-order valence-corrected chi connectivity index (χ2v) is 5.16. The van der Waals surface area contributed by atoms with E-state index < -0.39 is 0 Å². The molecule has 1 aromatic rings. The largest absolute Gasteiger partial charge is 0.348 e. The Morgan fingerprint density at radius 3 is 3.00 bits per heavy atom. The van der Waals surface area contributed by atoms with Gasteiger partial charge in [0, 0.05) is 4.88 Å². The number of hydrogen-bond donors (Lipinski definition) is 2. The normalized spacial score (nSPS) is 12.7. The van der Waals surface area contributed by atoms with Crippen LogP contribution in [-0.2, 0) is 4.79 Å². The van der Waals surface area contributed by atoms with Crippen LogP contribution < -0.4 is 11.1 Å². The van der Waals surface area contributed by atoms with Gasteiger partial charge >= 0.3 is 0 Å². The first-order valence-electron chi connectivity index (χ1n) is 5.85. The molecule has 0 aliphatic heterocycles. The van der Waals surface area contributed by atoms with Crippen LogP contribution in [0.15, 0.2) is 17.5 Å². The second kappa shape index (κ2) is 7.42. The number of hydrogen-bond acceptors (Lipinski definition) is 4. The molecule has 0 radical (unpaired) electrons. The predicted molar refractivity (Wildman–Crippen MR) is 72.0 cm³/mol. The van der Waals surface area contributed by atoms with Crippen LogP contribution in [0.4, 0.5) is 0 Å². The van der Waals surface area contributed by atoms with Crippen molar-refractivity contribution in [1.29, 1.82) is 0 Å². The molecule has 0 spiro atoms. The van der Waals surface area contributed by atoms with Crippen LogP contribution in [0, 0.1) is 0 Å². The fraction of sp³-hybridized carbons (Fsp3) is 0.583. The van der Waals surface area contributed by atoms with Crippen molar-refractivity contribution >= 4 is 17.2 Å². The van der Waals surface area contributed by atoms with Crippen molar-refractivity contribution in [2.45, 2.75) is 19.4 Å². The summed E-state index contributed by atoms with van der Waals surface area (Å²) in [5, 5.41) is 5.01. The van der Waals surface area contributed by atoms with Gasteiger partial charge in [0.25, 0.3) is 0 Å². The molecule has 1 atom stereocenters. The number of carbonyl (C=O) groups excluding carboxylic acids is 1. The SMILES string of the molecule is CC(NC(=O)CN(C)CCCN)c1cccs1. The lowest BCUT2D eigenvalue weighted by molar-refractivity contribution is -0.122. The molecule has 1 heterocycles. The maximum absolute atomic E-state index is 11.7. The second-order valence-electron chi connectivity index (χ2n) is 4.18. The lowest BCUT2D eigenvalue weighted by Gasteiger charge is -2.18. The Morgan fingerprint density at radius 1 is 1.65 bits per heavy atom. The van der Waals surface area contributed by atoms with Crippen LogP contribution in [0.5, 0.6) is 0 Å². The summed E-state index contributed by atoms with van der Waals surface area (Å²) in [5.74, 6) is 0.0606. The molecule has 0 fully saturated rings. The molecule has 0 saturated heterocycles. The predicted octanol–water partition coefficient (Wildman–Crippen LogP) is 1.21. The van der Waals surface area contributed by atoms with E-state index in [-0.39, 0.29) is 11.9 Å². The van der Waals surface area contributed by atoms with Gasteiger partial charge in [-0.3, -0.25) is 9.69 Å². The molecule has 0 bridgehead atoms. The van der Waals surface area contributed by atoms with E-state index >= 15 is 0 Å². The quantitative estimate of drug-likeness (QED) is 0.770. The summed E-state index contributed by atoms with van der Waals surface area (Å²) in [5.41, 5.74) is 5.43. The van der Waals surface area contributed by atoms with Crippen molar-refractivity contribution in [2.75, 3.05) is 26.7 Å². The molecular formula is C12H21N3OS. The van der Waals surface area contributed by atoms with Gasteiger partial charge in [-0.1, -0.05) is 6.07 Å². The Bertz CT molecular complexity index is 327. The van der Waals surface area contributed by atoms with Crippen LogP contribution in [-0.4, -0.2) is 37.5 Å². The van der Waals surface area contributed by atoms with Crippen LogP contribution in [0.1, 0.15) is 24.3 Å². The molecule has 1 rings (SSSR count). The molecule has 4 nitrogen and oxygen atoms in total. The third-order valence-corrected chi connectivity index (χ3v) is 3.56. The van der Waals surface area contributed by atoms with Gasteiger partial charge in [0.1, 0.15) is 0 Å². The Balaban J connectivity index is 2.29. The highest BCUT2D eigenvalue weighted by Gasteiger charge is 2.11. The van der Waals surface area contributed by atoms with Gasteiger partial charge in [0.05, 0.1) is 12.6 Å². The topological polar surface area (TPSA) is 58.4 Å². The van der Waals surface area contributed by atoms with Crippen molar-refractivity contribution in [3.05, 3.63) is 22.4 Å². The van der Waals surface area contributed by atoms with Crippen molar-refractivity contribution in [3.8, 4) is 0 Å². The summed E-state index contributed by atoms with van der Waals surface area (Å²) in [7, 11) is 1.94. The molecule has 1 amide bonds. The van der Waals surface area contributed by atoms with Crippen molar-refractivity contribution in [1.82, 2.24) is 10.2 Å². The van der Waals surface area contributed by atoms with Gasteiger partial charge in [0.15, 0.2) is 0 Å². The number of likely N-dealkylation sites (N-methyl/N-ethyl adjacent to an activating group) is 1. The number of nitrogens with two attached hydrogens (primary N) is 1. The number of nitrogens with one attached hydrogen (secondary N) is 1. The average molecular weight is 255 g/mol. The van der Waals surface area contributed by atoms with E-state index in [0.717, 1.165) is 13.0 Å². The molecule has 0 aliphatic carbocycles. The third-order valence-electron chi connectivity index (χ3n) is 2.50. The number of nitrogens with zero attached hydrogens (tertiary/aromatic N) is 1. The zero-order valence-electron chi connectivity index (χ0n) is 10.5. The number of rotatable bonds is 7. The van der Waals surface area contributed by atoms with E-state index in [2.05, 4.69) is 5.32 Å². The molecule has 0 aromatic carbocycles. The molecule has 0 saturated carbocycles. The Labute approximate surface area is 107 Å². The highest BCUT2D eigenvalue weighted by atomic mass is 32.1. The molecular weight excluding hydrogens is 234 g/mol.